The first-order chi connectivity index (χ1) is 7.22. The lowest BCUT2D eigenvalue weighted by Crippen LogP contribution is -2.38. The van der Waals surface area contributed by atoms with Gasteiger partial charge in [0.05, 0.1) is 17.1 Å². The van der Waals surface area contributed by atoms with Crippen molar-refractivity contribution in [2.24, 2.45) is 0 Å². The topological polar surface area (TPSA) is 98.0 Å². The Kier molecular flexibility index (Phi) is 3.37. The number of rotatable bonds is 4. The number of anilines is 2. The van der Waals surface area contributed by atoms with Crippen molar-refractivity contribution in [1.82, 2.24) is 9.97 Å². The number of nitrogen functional groups attached to an aromatic ring is 1. The molecular weight excluding hydrogens is 228 g/mol. The first kappa shape index (κ1) is 12.7. The molecule has 7 heteroatoms. The summed E-state index contributed by atoms with van der Waals surface area (Å²) < 4.78 is 22.0. The van der Waals surface area contributed by atoms with E-state index in [1.54, 1.807) is 13.8 Å². The third-order valence-corrected chi connectivity index (χ3v) is 4.52. The zero-order valence-corrected chi connectivity index (χ0v) is 10.4. The monoisotopic (exact) mass is 244 g/mol. The highest BCUT2D eigenvalue weighted by Crippen LogP contribution is 2.15. The maximum atomic E-state index is 11.4. The molecule has 90 valence electrons. The van der Waals surface area contributed by atoms with Gasteiger partial charge in [0.25, 0.3) is 0 Å². The fourth-order valence-electron chi connectivity index (χ4n) is 0.864. The Labute approximate surface area is 95.2 Å². The Bertz CT molecular complexity index is 453. The number of nitrogens with one attached hydrogen (secondary N) is 1. The van der Waals surface area contributed by atoms with Crippen LogP contribution in [-0.4, -0.2) is 35.9 Å². The second-order valence-corrected chi connectivity index (χ2v) is 6.86. The van der Waals surface area contributed by atoms with Crippen molar-refractivity contribution in [3.05, 3.63) is 12.4 Å². The van der Waals surface area contributed by atoms with E-state index in [1.807, 2.05) is 0 Å². The highest BCUT2D eigenvalue weighted by molar-refractivity contribution is 7.92. The van der Waals surface area contributed by atoms with Gasteiger partial charge in [-0.25, -0.2) is 18.4 Å². The average Bonchev–Trinajstić information content (AvgIpc) is 2.15. The predicted molar refractivity (Wildman–Crippen MR) is 63.9 cm³/mol. The van der Waals surface area contributed by atoms with Crippen molar-refractivity contribution in [2.45, 2.75) is 18.6 Å². The van der Waals surface area contributed by atoms with Crippen LogP contribution in [0, 0.1) is 0 Å². The van der Waals surface area contributed by atoms with Crippen molar-refractivity contribution in [1.29, 1.82) is 0 Å². The van der Waals surface area contributed by atoms with Crippen LogP contribution in [0.3, 0.4) is 0 Å². The Hall–Kier alpha value is -1.37. The fourth-order valence-corrected chi connectivity index (χ4v) is 1.20. The smallest absolute Gasteiger partial charge is 0.154 e. The molecule has 0 radical (unpaired) electrons. The molecule has 0 fully saturated rings. The van der Waals surface area contributed by atoms with Crippen LogP contribution in [0.4, 0.5) is 11.6 Å². The second-order valence-electron chi connectivity index (χ2n) is 4.21. The summed E-state index contributed by atoms with van der Waals surface area (Å²) in [6.45, 7) is 3.57. The van der Waals surface area contributed by atoms with E-state index in [0.29, 0.717) is 11.6 Å². The molecule has 0 amide bonds. The number of sulfone groups is 1. The molecule has 0 saturated heterocycles. The highest BCUT2D eigenvalue weighted by atomic mass is 32.2. The predicted octanol–water partition coefficient (Wildman–Crippen LogP) is 0.294. The van der Waals surface area contributed by atoms with Crippen molar-refractivity contribution < 1.29 is 8.42 Å². The van der Waals surface area contributed by atoms with Gasteiger partial charge < -0.3 is 11.1 Å². The van der Waals surface area contributed by atoms with Gasteiger partial charge in [-0.3, -0.25) is 0 Å². The number of aromatic nitrogens is 2. The second kappa shape index (κ2) is 4.25. The molecule has 0 atom stereocenters. The third-order valence-electron chi connectivity index (χ3n) is 2.37. The number of hydrogen-bond donors (Lipinski definition) is 2. The Balaban J connectivity index is 2.68. The summed E-state index contributed by atoms with van der Waals surface area (Å²) in [4.78, 5) is 7.82. The van der Waals surface area contributed by atoms with Gasteiger partial charge in [0.15, 0.2) is 9.84 Å². The summed E-state index contributed by atoms with van der Waals surface area (Å²) >= 11 is 0. The lowest BCUT2D eigenvalue weighted by molar-refractivity contribution is 0.559. The molecule has 0 unspecified atom stereocenters. The maximum Gasteiger partial charge on any atom is 0.154 e. The van der Waals surface area contributed by atoms with Crippen LogP contribution in [0.1, 0.15) is 13.8 Å². The van der Waals surface area contributed by atoms with E-state index in [0.717, 1.165) is 0 Å². The third kappa shape index (κ3) is 3.06. The molecule has 3 N–H and O–H groups in total. The molecule has 1 aromatic heterocycles. The molecule has 1 heterocycles. The van der Waals surface area contributed by atoms with E-state index >= 15 is 0 Å². The van der Waals surface area contributed by atoms with E-state index in [2.05, 4.69) is 15.3 Å². The summed E-state index contributed by atoms with van der Waals surface area (Å²) in [5, 5.41) is 2.91. The van der Waals surface area contributed by atoms with Gasteiger partial charge >= 0.3 is 0 Å². The normalized spacial score (nSPS) is 12.4. The zero-order chi connectivity index (χ0) is 12.4. The average molecular weight is 244 g/mol. The zero-order valence-electron chi connectivity index (χ0n) is 9.56. The fraction of sp³-hybridized carbons (Fsp3) is 0.556. The molecule has 0 aliphatic rings. The van der Waals surface area contributed by atoms with Crippen LogP contribution in [-0.2, 0) is 9.84 Å². The van der Waals surface area contributed by atoms with Crippen molar-refractivity contribution in [3.8, 4) is 0 Å². The largest absolute Gasteiger partial charge is 0.382 e. The quantitative estimate of drug-likeness (QED) is 0.790. The molecule has 0 spiro atoms. The van der Waals surface area contributed by atoms with Crippen LogP contribution in [0.2, 0.25) is 0 Å². The van der Waals surface area contributed by atoms with Crippen molar-refractivity contribution in [3.63, 3.8) is 0 Å². The van der Waals surface area contributed by atoms with Crippen molar-refractivity contribution in [2.75, 3.05) is 23.9 Å². The molecule has 1 rings (SSSR count). The summed E-state index contributed by atoms with van der Waals surface area (Å²) in [7, 11) is -3.12. The molecule has 0 saturated carbocycles. The SMILES string of the molecule is CC(C)(CNc1cnc(N)cn1)S(C)(=O)=O. The lowest BCUT2D eigenvalue weighted by atomic mass is 10.2. The van der Waals surface area contributed by atoms with Gasteiger partial charge in [-0.1, -0.05) is 0 Å². The minimum atomic E-state index is -3.12. The molecule has 0 aromatic carbocycles. The Morgan fingerprint density at radius 2 is 2.00 bits per heavy atom. The molecular formula is C9H16N4O2S. The van der Waals surface area contributed by atoms with Gasteiger partial charge in [-0.05, 0) is 13.8 Å². The van der Waals surface area contributed by atoms with Gasteiger partial charge in [0.1, 0.15) is 11.6 Å². The highest BCUT2D eigenvalue weighted by Gasteiger charge is 2.29. The van der Waals surface area contributed by atoms with E-state index in [9.17, 15) is 8.42 Å². The minimum absolute atomic E-state index is 0.268. The standard InChI is InChI=1S/C9H16N4O2S/c1-9(2,16(3,14)15)6-13-8-5-11-7(10)4-12-8/h4-5H,6H2,1-3H3,(H2,10,11)(H,12,13). The summed E-state index contributed by atoms with van der Waals surface area (Å²) in [5.41, 5.74) is 5.38. The van der Waals surface area contributed by atoms with Gasteiger partial charge in [-0.2, -0.15) is 0 Å². The van der Waals surface area contributed by atoms with Crippen LogP contribution in [0.15, 0.2) is 12.4 Å². The molecule has 1 aromatic rings. The van der Waals surface area contributed by atoms with Crippen molar-refractivity contribution >= 4 is 21.5 Å². The molecule has 0 aliphatic carbocycles. The van der Waals surface area contributed by atoms with Crippen LogP contribution >= 0.6 is 0 Å². The lowest BCUT2D eigenvalue weighted by Gasteiger charge is -2.22. The molecule has 16 heavy (non-hydrogen) atoms. The Morgan fingerprint density at radius 1 is 1.38 bits per heavy atom. The van der Waals surface area contributed by atoms with E-state index in [4.69, 9.17) is 5.73 Å². The van der Waals surface area contributed by atoms with E-state index in [1.165, 1.54) is 18.6 Å². The maximum absolute atomic E-state index is 11.4. The number of hydrogen-bond acceptors (Lipinski definition) is 6. The Morgan fingerprint density at radius 3 is 2.44 bits per heavy atom. The first-order valence-electron chi connectivity index (χ1n) is 4.73. The van der Waals surface area contributed by atoms with Gasteiger partial charge in [0.2, 0.25) is 0 Å². The summed E-state index contributed by atoms with van der Waals surface area (Å²) in [6, 6.07) is 0. The first-order valence-corrected chi connectivity index (χ1v) is 6.62. The molecule has 6 nitrogen and oxygen atoms in total. The van der Waals surface area contributed by atoms with Crippen LogP contribution < -0.4 is 11.1 Å². The van der Waals surface area contributed by atoms with Crippen LogP contribution in [0.5, 0.6) is 0 Å². The minimum Gasteiger partial charge on any atom is -0.382 e. The van der Waals surface area contributed by atoms with E-state index in [-0.39, 0.29) is 6.54 Å². The van der Waals surface area contributed by atoms with Gasteiger partial charge in [-0.15, -0.1) is 0 Å². The van der Waals surface area contributed by atoms with Gasteiger partial charge in [0, 0.05) is 12.8 Å². The molecule has 0 bridgehead atoms. The summed E-state index contributed by atoms with van der Waals surface area (Å²) in [6.07, 6.45) is 4.09. The van der Waals surface area contributed by atoms with E-state index < -0.39 is 14.6 Å². The number of nitrogens with two attached hydrogens (primary N) is 1. The van der Waals surface area contributed by atoms with Crippen LogP contribution in [0.25, 0.3) is 0 Å². The number of nitrogens with zero attached hydrogens (tertiary/aromatic N) is 2. The molecule has 0 aliphatic heterocycles. The summed E-state index contributed by atoms with van der Waals surface area (Å²) in [5.74, 6) is 0.832.